The van der Waals surface area contributed by atoms with Crippen molar-refractivity contribution < 1.29 is 10.6 Å². The molecule has 1 aliphatic carbocycles. The van der Waals surface area contributed by atoms with Crippen LogP contribution in [0.15, 0.2) is 30.3 Å². The first kappa shape index (κ1) is 17.1. The van der Waals surface area contributed by atoms with Crippen LogP contribution in [0, 0.1) is 5.92 Å². The highest BCUT2D eigenvalue weighted by atomic mass is 16.3. The average molecular weight is 252 g/mol. The predicted octanol–water partition coefficient (Wildman–Crippen LogP) is 3.54. The Morgan fingerprint density at radius 1 is 1.11 bits per heavy atom. The number of rotatable bonds is 3. The van der Waals surface area contributed by atoms with Gasteiger partial charge in [-0.15, -0.1) is 0 Å². The molecular formula is C16H28O2. The van der Waals surface area contributed by atoms with Crippen LogP contribution in [0.5, 0.6) is 0 Å². The zero-order valence-corrected chi connectivity index (χ0v) is 11.7. The van der Waals surface area contributed by atoms with Crippen molar-refractivity contribution in [3.63, 3.8) is 0 Å². The summed E-state index contributed by atoms with van der Waals surface area (Å²) < 4.78 is 0. The number of aliphatic hydroxyl groups is 1. The molecule has 0 amide bonds. The molecule has 0 aromatic heterocycles. The quantitative estimate of drug-likeness (QED) is 0.878. The van der Waals surface area contributed by atoms with Crippen LogP contribution >= 0.6 is 0 Å². The highest BCUT2D eigenvalue weighted by Crippen LogP contribution is 2.36. The molecule has 1 aliphatic rings. The molecular weight excluding hydrogens is 224 g/mol. The SMILES string of the molecule is CCC.O.OCC(c1ccccc1)C1CCCC1. The number of hydrogen-bond acceptors (Lipinski definition) is 1. The molecule has 1 aromatic rings. The summed E-state index contributed by atoms with van der Waals surface area (Å²) in [4.78, 5) is 0. The molecule has 18 heavy (non-hydrogen) atoms. The second-order valence-electron chi connectivity index (χ2n) is 4.95. The molecule has 2 rings (SSSR count). The van der Waals surface area contributed by atoms with Gasteiger partial charge < -0.3 is 10.6 Å². The molecule has 2 nitrogen and oxygen atoms in total. The second-order valence-corrected chi connectivity index (χ2v) is 4.95. The maximum atomic E-state index is 9.44. The van der Waals surface area contributed by atoms with Gasteiger partial charge >= 0.3 is 0 Å². The minimum absolute atomic E-state index is 0. The molecule has 1 unspecified atom stereocenters. The standard InChI is InChI=1S/C13H18O.C3H8.H2O/c14-10-13(12-8-4-5-9-12)11-6-2-1-3-7-11;1-3-2;/h1-3,6-7,12-14H,4-5,8-10H2;3H2,1-2H3;1H2. The lowest BCUT2D eigenvalue weighted by molar-refractivity contribution is 0.226. The minimum Gasteiger partial charge on any atom is -0.412 e. The van der Waals surface area contributed by atoms with E-state index in [1.54, 1.807) is 0 Å². The van der Waals surface area contributed by atoms with E-state index in [4.69, 9.17) is 0 Å². The first-order chi connectivity index (χ1) is 8.33. The lowest BCUT2D eigenvalue weighted by Crippen LogP contribution is -2.13. The first-order valence-electron chi connectivity index (χ1n) is 6.99. The van der Waals surface area contributed by atoms with Gasteiger partial charge in [0.1, 0.15) is 0 Å². The van der Waals surface area contributed by atoms with Crippen LogP contribution in [0.2, 0.25) is 0 Å². The third-order valence-corrected chi connectivity index (χ3v) is 3.39. The Bertz CT molecular complexity index is 278. The summed E-state index contributed by atoms with van der Waals surface area (Å²) in [5.74, 6) is 1.08. The van der Waals surface area contributed by atoms with Gasteiger partial charge in [0.15, 0.2) is 0 Å². The van der Waals surface area contributed by atoms with Crippen molar-refractivity contribution in [1.29, 1.82) is 0 Å². The summed E-state index contributed by atoms with van der Waals surface area (Å²) in [6.07, 6.45) is 6.52. The fourth-order valence-electron chi connectivity index (χ4n) is 2.59. The van der Waals surface area contributed by atoms with Gasteiger partial charge in [-0.3, -0.25) is 0 Å². The van der Waals surface area contributed by atoms with Crippen molar-refractivity contribution in [3.8, 4) is 0 Å². The van der Waals surface area contributed by atoms with Crippen LogP contribution in [0.4, 0.5) is 0 Å². The summed E-state index contributed by atoms with van der Waals surface area (Å²) in [5, 5.41) is 9.44. The summed E-state index contributed by atoms with van der Waals surface area (Å²) in [6, 6.07) is 10.4. The van der Waals surface area contributed by atoms with Crippen LogP contribution in [0.25, 0.3) is 0 Å². The average Bonchev–Trinajstić information content (AvgIpc) is 2.86. The van der Waals surface area contributed by atoms with Crippen LogP contribution < -0.4 is 0 Å². The van der Waals surface area contributed by atoms with E-state index in [0.717, 1.165) is 0 Å². The van der Waals surface area contributed by atoms with Gasteiger partial charge in [-0.05, 0) is 24.3 Å². The van der Waals surface area contributed by atoms with E-state index in [0.29, 0.717) is 18.4 Å². The van der Waals surface area contributed by atoms with E-state index in [9.17, 15) is 5.11 Å². The van der Waals surface area contributed by atoms with E-state index in [1.807, 2.05) is 6.07 Å². The van der Waals surface area contributed by atoms with Crippen LogP contribution in [-0.2, 0) is 0 Å². The molecule has 1 fully saturated rings. The Kier molecular flexibility index (Phi) is 9.62. The van der Waals surface area contributed by atoms with Crippen LogP contribution in [0.3, 0.4) is 0 Å². The smallest absolute Gasteiger partial charge is 0.0502 e. The molecule has 0 spiro atoms. The fraction of sp³-hybridized carbons (Fsp3) is 0.625. The lowest BCUT2D eigenvalue weighted by atomic mass is 9.85. The molecule has 0 bridgehead atoms. The Morgan fingerprint density at radius 2 is 1.61 bits per heavy atom. The van der Waals surface area contributed by atoms with Crippen LogP contribution in [-0.4, -0.2) is 17.2 Å². The zero-order valence-electron chi connectivity index (χ0n) is 11.7. The molecule has 2 heteroatoms. The molecule has 104 valence electrons. The van der Waals surface area contributed by atoms with Crippen molar-refractivity contribution in [2.24, 2.45) is 5.92 Å². The molecule has 3 N–H and O–H groups in total. The first-order valence-corrected chi connectivity index (χ1v) is 6.99. The molecule has 1 saturated carbocycles. The van der Waals surface area contributed by atoms with Gasteiger partial charge in [0.2, 0.25) is 0 Å². The number of hydrogen-bond donors (Lipinski definition) is 1. The number of benzene rings is 1. The Labute approximate surface area is 111 Å². The summed E-state index contributed by atoms with van der Waals surface area (Å²) in [6.45, 7) is 4.55. The lowest BCUT2D eigenvalue weighted by Gasteiger charge is -2.21. The van der Waals surface area contributed by atoms with Gasteiger partial charge in [0.25, 0.3) is 0 Å². The predicted molar refractivity (Wildman–Crippen MR) is 77.8 cm³/mol. The van der Waals surface area contributed by atoms with Crippen molar-refractivity contribution >= 4 is 0 Å². The van der Waals surface area contributed by atoms with E-state index in [2.05, 4.69) is 38.1 Å². The normalized spacial score (nSPS) is 16.4. The summed E-state index contributed by atoms with van der Waals surface area (Å²) >= 11 is 0. The fourth-order valence-corrected chi connectivity index (χ4v) is 2.59. The van der Waals surface area contributed by atoms with E-state index in [-0.39, 0.29) is 5.48 Å². The maximum absolute atomic E-state index is 9.44. The van der Waals surface area contributed by atoms with Crippen molar-refractivity contribution in [3.05, 3.63) is 35.9 Å². The van der Waals surface area contributed by atoms with Gasteiger partial charge in [-0.25, -0.2) is 0 Å². The monoisotopic (exact) mass is 252 g/mol. The molecule has 0 saturated heterocycles. The van der Waals surface area contributed by atoms with Gasteiger partial charge in [-0.1, -0.05) is 63.4 Å². The van der Waals surface area contributed by atoms with Crippen molar-refractivity contribution in [2.45, 2.75) is 51.9 Å². The van der Waals surface area contributed by atoms with Crippen molar-refractivity contribution in [2.75, 3.05) is 6.61 Å². The summed E-state index contributed by atoms with van der Waals surface area (Å²) in [5.41, 5.74) is 1.31. The Hall–Kier alpha value is -0.860. The maximum Gasteiger partial charge on any atom is 0.0502 e. The minimum atomic E-state index is 0. The molecule has 1 atom stereocenters. The van der Waals surface area contributed by atoms with Crippen LogP contribution in [0.1, 0.15) is 57.4 Å². The Balaban J connectivity index is 0.000000660. The Morgan fingerprint density at radius 3 is 2.06 bits per heavy atom. The highest BCUT2D eigenvalue weighted by molar-refractivity contribution is 5.20. The zero-order chi connectivity index (χ0) is 12.5. The van der Waals surface area contributed by atoms with E-state index in [1.165, 1.54) is 37.7 Å². The van der Waals surface area contributed by atoms with Crippen molar-refractivity contribution in [1.82, 2.24) is 0 Å². The van der Waals surface area contributed by atoms with Gasteiger partial charge in [0, 0.05) is 5.92 Å². The highest BCUT2D eigenvalue weighted by Gasteiger charge is 2.25. The third kappa shape index (κ3) is 5.19. The van der Waals surface area contributed by atoms with E-state index >= 15 is 0 Å². The topological polar surface area (TPSA) is 51.7 Å². The molecule has 1 aromatic carbocycles. The second kappa shape index (κ2) is 10.1. The summed E-state index contributed by atoms with van der Waals surface area (Å²) in [7, 11) is 0. The van der Waals surface area contributed by atoms with E-state index < -0.39 is 0 Å². The molecule has 0 aliphatic heterocycles. The molecule has 0 radical (unpaired) electrons. The number of aliphatic hydroxyl groups excluding tert-OH is 1. The van der Waals surface area contributed by atoms with Gasteiger partial charge in [0.05, 0.1) is 6.61 Å². The third-order valence-electron chi connectivity index (χ3n) is 3.39. The molecule has 0 heterocycles. The largest absolute Gasteiger partial charge is 0.412 e. The van der Waals surface area contributed by atoms with Gasteiger partial charge in [-0.2, -0.15) is 0 Å².